The Balaban J connectivity index is 2.08. The first kappa shape index (κ1) is 14.0. The van der Waals surface area contributed by atoms with Gasteiger partial charge < -0.3 is 15.8 Å². The Morgan fingerprint density at radius 2 is 1.90 bits per heavy atom. The van der Waals surface area contributed by atoms with E-state index in [1.807, 2.05) is 0 Å². The summed E-state index contributed by atoms with van der Waals surface area (Å²) in [5.41, 5.74) is 5.22. The van der Waals surface area contributed by atoms with Gasteiger partial charge in [0.15, 0.2) is 0 Å². The molecule has 0 bridgehead atoms. The Morgan fingerprint density at radius 3 is 2.35 bits per heavy atom. The lowest BCUT2D eigenvalue weighted by Gasteiger charge is -2.23. The number of cyclic esters (lactones) is 1. The minimum atomic E-state index is -0.811. The third-order valence-electron chi connectivity index (χ3n) is 3.34. The molecular formula is C14H16N2O4. The van der Waals surface area contributed by atoms with Gasteiger partial charge in [0, 0.05) is 11.3 Å². The molecule has 0 saturated carbocycles. The molecule has 6 heteroatoms. The van der Waals surface area contributed by atoms with E-state index < -0.39 is 17.4 Å². The van der Waals surface area contributed by atoms with Gasteiger partial charge in [-0.15, -0.1) is 0 Å². The highest BCUT2D eigenvalue weighted by atomic mass is 16.6. The van der Waals surface area contributed by atoms with E-state index >= 15 is 0 Å². The molecule has 0 spiro atoms. The highest BCUT2D eigenvalue weighted by Crippen LogP contribution is 2.33. The molecular weight excluding hydrogens is 260 g/mol. The van der Waals surface area contributed by atoms with Crippen molar-refractivity contribution in [3.8, 4) is 0 Å². The normalized spacial score (nSPS) is 20.3. The summed E-state index contributed by atoms with van der Waals surface area (Å²) in [6, 6.07) is 6.23. The number of primary amides is 1. The Labute approximate surface area is 116 Å². The molecule has 1 aromatic rings. The van der Waals surface area contributed by atoms with Crippen LogP contribution in [-0.2, 0) is 14.3 Å². The number of benzene rings is 1. The molecule has 1 aliphatic heterocycles. The Hall–Kier alpha value is -2.37. The van der Waals surface area contributed by atoms with E-state index in [4.69, 9.17) is 10.5 Å². The maximum atomic E-state index is 12.2. The fourth-order valence-electron chi connectivity index (χ4n) is 2.17. The standard InChI is InChI=1S/C14H16N2O4/c1-14(2)10(7-11(17)20-14)13(19)16-9-5-3-8(4-6-9)12(15)18/h3-6,10H,7H2,1-2H3,(H2,15,18)(H,16,19). The number of rotatable bonds is 3. The monoisotopic (exact) mass is 276 g/mol. The van der Waals surface area contributed by atoms with E-state index in [-0.39, 0.29) is 18.3 Å². The number of nitrogens with one attached hydrogen (secondary N) is 1. The fourth-order valence-corrected chi connectivity index (χ4v) is 2.17. The van der Waals surface area contributed by atoms with Gasteiger partial charge in [-0.05, 0) is 38.1 Å². The van der Waals surface area contributed by atoms with Crippen LogP contribution in [0.15, 0.2) is 24.3 Å². The van der Waals surface area contributed by atoms with Crippen LogP contribution in [0.1, 0.15) is 30.6 Å². The van der Waals surface area contributed by atoms with E-state index in [0.29, 0.717) is 11.3 Å². The minimum Gasteiger partial charge on any atom is -0.459 e. The van der Waals surface area contributed by atoms with Gasteiger partial charge >= 0.3 is 5.97 Å². The maximum absolute atomic E-state index is 12.2. The summed E-state index contributed by atoms with van der Waals surface area (Å²) in [4.78, 5) is 34.4. The molecule has 2 amide bonds. The van der Waals surface area contributed by atoms with Crippen molar-refractivity contribution >= 4 is 23.5 Å². The van der Waals surface area contributed by atoms with E-state index in [1.165, 1.54) is 12.1 Å². The molecule has 1 atom stereocenters. The number of nitrogens with two attached hydrogens (primary N) is 1. The smallest absolute Gasteiger partial charge is 0.307 e. The van der Waals surface area contributed by atoms with Crippen molar-refractivity contribution in [2.75, 3.05) is 5.32 Å². The van der Waals surface area contributed by atoms with E-state index in [9.17, 15) is 14.4 Å². The minimum absolute atomic E-state index is 0.0677. The van der Waals surface area contributed by atoms with Crippen LogP contribution in [-0.4, -0.2) is 23.4 Å². The second-order valence-electron chi connectivity index (χ2n) is 5.27. The van der Waals surface area contributed by atoms with Crippen molar-refractivity contribution in [3.63, 3.8) is 0 Å². The predicted molar refractivity (Wildman–Crippen MR) is 71.9 cm³/mol. The molecule has 3 N–H and O–H groups in total. The first-order valence-corrected chi connectivity index (χ1v) is 6.22. The molecule has 1 saturated heterocycles. The highest BCUT2D eigenvalue weighted by molar-refractivity contribution is 5.98. The van der Waals surface area contributed by atoms with Crippen molar-refractivity contribution in [3.05, 3.63) is 29.8 Å². The average molecular weight is 276 g/mol. The molecule has 1 aromatic carbocycles. The number of esters is 1. The highest BCUT2D eigenvalue weighted by Gasteiger charge is 2.46. The van der Waals surface area contributed by atoms with Crippen molar-refractivity contribution < 1.29 is 19.1 Å². The topological polar surface area (TPSA) is 98.5 Å². The van der Waals surface area contributed by atoms with Crippen LogP contribution in [0.4, 0.5) is 5.69 Å². The first-order chi connectivity index (χ1) is 9.29. The third kappa shape index (κ3) is 2.79. The van der Waals surface area contributed by atoms with E-state index in [2.05, 4.69) is 5.32 Å². The second-order valence-corrected chi connectivity index (χ2v) is 5.27. The van der Waals surface area contributed by atoms with E-state index in [0.717, 1.165) is 0 Å². The van der Waals surface area contributed by atoms with Crippen molar-refractivity contribution in [1.82, 2.24) is 0 Å². The molecule has 0 aliphatic carbocycles. The number of anilines is 1. The van der Waals surface area contributed by atoms with Crippen molar-refractivity contribution in [2.45, 2.75) is 25.9 Å². The van der Waals surface area contributed by atoms with Gasteiger partial charge in [0.1, 0.15) is 5.60 Å². The van der Waals surface area contributed by atoms with Crippen LogP contribution in [0.5, 0.6) is 0 Å². The second kappa shape index (κ2) is 4.96. The molecule has 20 heavy (non-hydrogen) atoms. The molecule has 1 unspecified atom stereocenters. The lowest BCUT2D eigenvalue weighted by atomic mass is 9.90. The van der Waals surface area contributed by atoms with Crippen molar-refractivity contribution in [1.29, 1.82) is 0 Å². The molecule has 1 fully saturated rings. The number of hydrogen-bond acceptors (Lipinski definition) is 4. The molecule has 6 nitrogen and oxygen atoms in total. The first-order valence-electron chi connectivity index (χ1n) is 6.22. The van der Waals surface area contributed by atoms with Gasteiger partial charge in [0.2, 0.25) is 11.8 Å². The van der Waals surface area contributed by atoms with Crippen molar-refractivity contribution in [2.24, 2.45) is 11.7 Å². The number of carbonyl (C=O) groups excluding carboxylic acids is 3. The number of amides is 2. The number of carbonyl (C=O) groups is 3. The van der Waals surface area contributed by atoms with Gasteiger partial charge in [-0.3, -0.25) is 14.4 Å². The van der Waals surface area contributed by atoms with Gasteiger partial charge in [-0.1, -0.05) is 0 Å². The van der Waals surface area contributed by atoms with Gasteiger partial charge in [0.25, 0.3) is 0 Å². The Kier molecular flexibility index (Phi) is 3.48. The predicted octanol–water partition coefficient (Wildman–Crippen LogP) is 1.07. The van der Waals surface area contributed by atoms with Gasteiger partial charge in [-0.25, -0.2) is 0 Å². The zero-order chi connectivity index (χ0) is 14.9. The maximum Gasteiger partial charge on any atom is 0.307 e. The van der Waals surface area contributed by atoms with Crippen LogP contribution >= 0.6 is 0 Å². The van der Waals surface area contributed by atoms with Crippen LogP contribution in [0.2, 0.25) is 0 Å². The van der Waals surface area contributed by atoms with Gasteiger partial charge in [-0.2, -0.15) is 0 Å². The molecule has 106 valence electrons. The van der Waals surface area contributed by atoms with Crippen LogP contribution < -0.4 is 11.1 Å². The largest absolute Gasteiger partial charge is 0.459 e. The number of hydrogen-bond donors (Lipinski definition) is 2. The summed E-state index contributed by atoms with van der Waals surface area (Å²) < 4.78 is 5.11. The average Bonchev–Trinajstić information content (AvgIpc) is 2.63. The summed E-state index contributed by atoms with van der Waals surface area (Å²) in [6.07, 6.45) is 0.0677. The molecule has 1 aliphatic rings. The molecule has 0 aromatic heterocycles. The summed E-state index contributed by atoms with van der Waals surface area (Å²) >= 11 is 0. The van der Waals surface area contributed by atoms with Crippen LogP contribution in [0, 0.1) is 5.92 Å². The lowest BCUT2D eigenvalue weighted by molar-refractivity contribution is -0.147. The zero-order valence-electron chi connectivity index (χ0n) is 11.3. The summed E-state index contributed by atoms with van der Waals surface area (Å²) in [7, 11) is 0. The summed E-state index contributed by atoms with van der Waals surface area (Å²) in [6.45, 7) is 3.41. The molecule has 0 radical (unpaired) electrons. The Morgan fingerprint density at radius 1 is 1.30 bits per heavy atom. The Bertz CT molecular complexity index is 563. The summed E-state index contributed by atoms with van der Waals surface area (Å²) in [5.74, 6) is -1.73. The lowest BCUT2D eigenvalue weighted by Crippen LogP contribution is -2.36. The summed E-state index contributed by atoms with van der Waals surface area (Å²) in [5, 5.41) is 2.70. The molecule has 2 rings (SSSR count). The quantitative estimate of drug-likeness (QED) is 0.806. The third-order valence-corrected chi connectivity index (χ3v) is 3.34. The zero-order valence-corrected chi connectivity index (χ0v) is 11.3. The fraction of sp³-hybridized carbons (Fsp3) is 0.357. The van der Waals surface area contributed by atoms with Gasteiger partial charge in [0.05, 0.1) is 12.3 Å². The van der Waals surface area contributed by atoms with E-state index in [1.54, 1.807) is 26.0 Å². The van der Waals surface area contributed by atoms with Crippen LogP contribution in [0.3, 0.4) is 0 Å². The molecule has 1 heterocycles. The SMILES string of the molecule is CC1(C)OC(=O)CC1C(=O)Nc1ccc(C(N)=O)cc1. The van der Waals surface area contributed by atoms with Crippen LogP contribution in [0.25, 0.3) is 0 Å². The number of ether oxygens (including phenoxy) is 1.